The maximum absolute atomic E-state index is 12.3. The van der Waals surface area contributed by atoms with Gasteiger partial charge in [-0.05, 0) is 37.5 Å². The second-order valence-corrected chi connectivity index (χ2v) is 8.53. The largest absolute Gasteiger partial charge is 0.310 e. The molecular weight excluding hydrogens is 386 g/mol. The van der Waals surface area contributed by atoms with Crippen molar-refractivity contribution in [2.24, 2.45) is 0 Å². The van der Waals surface area contributed by atoms with Crippen LogP contribution in [0.2, 0.25) is 0 Å². The molecule has 24 heavy (non-hydrogen) atoms. The smallest absolute Gasteiger partial charge is 0.235 e. The highest BCUT2D eigenvalue weighted by Gasteiger charge is 2.32. The number of halogens is 1. The molecule has 2 aliphatic rings. The highest BCUT2D eigenvalue weighted by molar-refractivity contribution is 9.10. The van der Waals surface area contributed by atoms with Gasteiger partial charge < -0.3 is 5.32 Å². The monoisotopic (exact) mass is 405 g/mol. The summed E-state index contributed by atoms with van der Waals surface area (Å²) < 4.78 is 3.16. The molecule has 2 aromatic rings. The number of aryl methyl sites for hydroxylation is 1. The summed E-state index contributed by atoms with van der Waals surface area (Å²) in [5.41, 5.74) is 3.41. The Kier molecular flexibility index (Phi) is 4.43. The van der Waals surface area contributed by atoms with Crippen LogP contribution in [0.5, 0.6) is 0 Å². The van der Waals surface area contributed by atoms with Crippen molar-refractivity contribution in [1.82, 2.24) is 9.78 Å². The van der Waals surface area contributed by atoms with Crippen LogP contribution in [-0.4, -0.2) is 21.4 Å². The van der Waals surface area contributed by atoms with Crippen LogP contribution in [-0.2, 0) is 4.79 Å². The topological polar surface area (TPSA) is 46.9 Å². The van der Waals surface area contributed by atoms with Crippen LogP contribution in [0.3, 0.4) is 0 Å². The Morgan fingerprint density at radius 2 is 1.96 bits per heavy atom. The Hall–Kier alpha value is -1.27. The van der Waals surface area contributed by atoms with Crippen molar-refractivity contribution in [3.8, 4) is 0 Å². The summed E-state index contributed by atoms with van der Waals surface area (Å²) in [4.78, 5) is 12.3. The van der Waals surface area contributed by atoms with Crippen molar-refractivity contribution in [3.63, 3.8) is 0 Å². The van der Waals surface area contributed by atoms with E-state index in [9.17, 15) is 4.79 Å². The number of carbonyl (C=O) groups is 1. The Morgan fingerprint density at radius 3 is 2.67 bits per heavy atom. The molecule has 4 rings (SSSR count). The molecule has 1 aliphatic carbocycles. The van der Waals surface area contributed by atoms with E-state index in [-0.39, 0.29) is 11.2 Å². The van der Waals surface area contributed by atoms with Gasteiger partial charge in [-0.15, -0.1) is 11.8 Å². The number of nitrogens with zero attached hydrogens (tertiary/aromatic N) is 2. The van der Waals surface area contributed by atoms with Gasteiger partial charge in [-0.1, -0.05) is 40.9 Å². The Labute approximate surface area is 154 Å². The molecule has 1 fully saturated rings. The maximum Gasteiger partial charge on any atom is 0.235 e. The second kappa shape index (κ2) is 6.56. The van der Waals surface area contributed by atoms with Crippen LogP contribution in [0, 0.1) is 6.92 Å². The van der Waals surface area contributed by atoms with Gasteiger partial charge in [-0.25, -0.2) is 4.68 Å². The van der Waals surface area contributed by atoms with E-state index in [2.05, 4.69) is 57.1 Å². The van der Waals surface area contributed by atoms with Gasteiger partial charge in [-0.3, -0.25) is 4.79 Å². The summed E-state index contributed by atoms with van der Waals surface area (Å²) in [6, 6.07) is 8.81. The van der Waals surface area contributed by atoms with E-state index in [4.69, 9.17) is 5.10 Å². The van der Waals surface area contributed by atoms with E-state index >= 15 is 0 Å². The number of thioether (sulfide) groups is 1. The summed E-state index contributed by atoms with van der Waals surface area (Å²) in [7, 11) is 0. The quantitative estimate of drug-likeness (QED) is 0.776. The highest BCUT2D eigenvalue weighted by Crippen LogP contribution is 2.45. The molecule has 1 amide bonds. The van der Waals surface area contributed by atoms with Crippen LogP contribution in [0.25, 0.3) is 0 Å². The van der Waals surface area contributed by atoms with Gasteiger partial charge in [0, 0.05) is 10.0 Å². The zero-order chi connectivity index (χ0) is 16.7. The van der Waals surface area contributed by atoms with Gasteiger partial charge in [0.05, 0.1) is 22.7 Å². The standard InChI is InChI=1S/C18H20BrN3OS/c1-11-16-17(12-6-8-13(19)9-7-12)24-10-15(23)20-18(16)22(21-11)14-4-2-3-5-14/h6-9,14,17H,2-5,10H2,1H3,(H,20,23)/t17-/m1/s1. The number of aromatic nitrogens is 2. The predicted octanol–water partition coefficient (Wildman–Crippen LogP) is 4.84. The molecule has 1 aromatic carbocycles. The normalized spacial score (nSPS) is 21.4. The molecule has 1 aromatic heterocycles. The summed E-state index contributed by atoms with van der Waals surface area (Å²) >= 11 is 5.18. The van der Waals surface area contributed by atoms with Crippen LogP contribution >= 0.6 is 27.7 Å². The molecule has 126 valence electrons. The van der Waals surface area contributed by atoms with Gasteiger partial charge in [-0.2, -0.15) is 5.10 Å². The predicted molar refractivity (Wildman–Crippen MR) is 102 cm³/mol. The average Bonchev–Trinajstić information content (AvgIpc) is 3.15. The Bertz CT molecular complexity index is 765. The van der Waals surface area contributed by atoms with Crippen LogP contribution in [0.4, 0.5) is 5.82 Å². The van der Waals surface area contributed by atoms with E-state index in [1.54, 1.807) is 11.8 Å². The van der Waals surface area contributed by atoms with Crippen LogP contribution < -0.4 is 5.32 Å². The molecule has 1 aliphatic heterocycles. The third-order valence-corrected chi connectivity index (χ3v) is 6.67. The first kappa shape index (κ1) is 16.2. The maximum atomic E-state index is 12.3. The number of carbonyl (C=O) groups excluding carboxylic acids is 1. The molecule has 0 unspecified atom stereocenters. The fourth-order valence-electron chi connectivity index (χ4n) is 3.72. The van der Waals surface area contributed by atoms with E-state index < -0.39 is 0 Å². The zero-order valence-electron chi connectivity index (χ0n) is 13.6. The van der Waals surface area contributed by atoms with E-state index in [1.165, 1.54) is 24.0 Å². The third-order valence-electron chi connectivity index (χ3n) is 4.88. The molecule has 1 N–H and O–H groups in total. The molecule has 0 saturated heterocycles. The van der Waals surface area contributed by atoms with E-state index in [1.807, 2.05) is 0 Å². The van der Waals surface area contributed by atoms with Gasteiger partial charge in [0.1, 0.15) is 5.82 Å². The number of amides is 1. The van der Waals surface area contributed by atoms with Crippen molar-refractivity contribution in [1.29, 1.82) is 0 Å². The molecule has 4 nitrogen and oxygen atoms in total. The van der Waals surface area contributed by atoms with Crippen molar-refractivity contribution in [3.05, 3.63) is 45.6 Å². The minimum absolute atomic E-state index is 0.0695. The number of anilines is 1. The first-order chi connectivity index (χ1) is 11.6. The van der Waals surface area contributed by atoms with E-state index in [0.717, 1.165) is 28.8 Å². The van der Waals surface area contributed by atoms with Crippen LogP contribution in [0.1, 0.15) is 53.8 Å². The summed E-state index contributed by atoms with van der Waals surface area (Å²) in [5.74, 6) is 1.46. The molecule has 1 atom stereocenters. The van der Waals surface area contributed by atoms with Gasteiger partial charge in [0.2, 0.25) is 5.91 Å². The first-order valence-electron chi connectivity index (χ1n) is 8.39. The Balaban J connectivity index is 1.82. The highest BCUT2D eigenvalue weighted by atomic mass is 79.9. The van der Waals surface area contributed by atoms with Crippen molar-refractivity contribution in [2.45, 2.75) is 43.9 Å². The average molecular weight is 406 g/mol. The lowest BCUT2D eigenvalue weighted by atomic mass is 10.0. The van der Waals surface area contributed by atoms with Gasteiger partial charge in [0.15, 0.2) is 0 Å². The number of nitrogens with one attached hydrogen (secondary N) is 1. The SMILES string of the molecule is Cc1nn(C2CCCC2)c2c1[C@@H](c1ccc(Br)cc1)SCC(=O)N2. The lowest BCUT2D eigenvalue weighted by Crippen LogP contribution is -2.18. The van der Waals surface area contributed by atoms with Crippen molar-refractivity contribution >= 4 is 39.4 Å². The first-order valence-corrected chi connectivity index (χ1v) is 10.2. The Morgan fingerprint density at radius 1 is 1.25 bits per heavy atom. The number of benzene rings is 1. The molecule has 0 radical (unpaired) electrons. The van der Waals surface area contributed by atoms with Gasteiger partial charge in [0.25, 0.3) is 0 Å². The molecular formula is C18H20BrN3OS. The van der Waals surface area contributed by atoms with Gasteiger partial charge >= 0.3 is 0 Å². The molecule has 0 spiro atoms. The zero-order valence-corrected chi connectivity index (χ0v) is 16.0. The van der Waals surface area contributed by atoms with E-state index in [0.29, 0.717) is 11.8 Å². The summed E-state index contributed by atoms with van der Waals surface area (Å²) in [6.45, 7) is 2.06. The number of hydrogen-bond acceptors (Lipinski definition) is 3. The minimum Gasteiger partial charge on any atom is -0.310 e. The second-order valence-electron chi connectivity index (χ2n) is 6.52. The molecule has 1 saturated carbocycles. The molecule has 6 heteroatoms. The summed E-state index contributed by atoms with van der Waals surface area (Å²) in [6.07, 6.45) is 4.80. The minimum atomic E-state index is 0.0695. The van der Waals surface area contributed by atoms with Crippen LogP contribution in [0.15, 0.2) is 28.7 Å². The number of fused-ring (bicyclic) bond motifs is 1. The lowest BCUT2D eigenvalue weighted by molar-refractivity contribution is -0.113. The molecule has 2 heterocycles. The van der Waals surface area contributed by atoms with Crippen molar-refractivity contribution < 1.29 is 4.79 Å². The summed E-state index contributed by atoms with van der Waals surface area (Å²) in [5, 5.41) is 8.10. The fourth-order valence-corrected chi connectivity index (χ4v) is 5.18. The van der Waals surface area contributed by atoms with Crippen molar-refractivity contribution in [2.75, 3.05) is 11.1 Å². The fraction of sp³-hybridized carbons (Fsp3) is 0.444. The molecule has 0 bridgehead atoms. The third kappa shape index (κ3) is 2.90. The number of hydrogen-bond donors (Lipinski definition) is 1. The lowest BCUT2D eigenvalue weighted by Gasteiger charge is -2.17. The number of rotatable bonds is 2.